The Balaban J connectivity index is 1.83. The van der Waals surface area contributed by atoms with Gasteiger partial charge in [-0.05, 0) is 74.7 Å². The van der Waals surface area contributed by atoms with Crippen LogP contribution in [0.15, 0.2) is 71.6 Å². The minimum atomic E-state index is -0.631. The van der Waals surface area contributed by atoms with Crippen molar-refractivity contribution < 1.29 is 9.59 Å². The van der Waals surface area contributed by atoms with Gasteiger partial charge in [-0.25, -0.2) is 0 Å². The monoisotopic (exact) mass is 463 g/mol. The number of benzene rings is 3. The molecule has 0 aliphatic rings. The number of anilines is 1. The molecule has 0 bridgehead atoms. The van der Waals surface area contributed by atoms with Gasteiger partial charge in [0.15, 0.2) is 0 Å². The van der Waals surface area contributed by atoms with Crippen molar-refractivity contribution in [2.75, 3.05) is 5.32 Å². The molecule has 0 aromatic heterocycles. The van der Waals surface area contributed by atoms with Crippen molar-refractivity contribution in [2.45, 2.75) is 57.5 Å². The Morgan fingerprint density at radius 1 is 0.879 bits per heavy atom. The molecule has 0 saturated heterocycles. The van der Waals surface area contributed by atoms with Gasteiger partial charge in [0.1, 0.15) is 6.04 Å². The van der Waals surface area contributed by atoms with Crippen LogP contribution in [0.1, 0.15) is 51.4 Å². The normalized spacial score (nSPS) is 12.5. The molecule has 0 unspecified atom stereocenters. The zero-order chi connectivity index (χ0) is 24.0. The predicted octanol–water partition coefficient (Wildman–Crippen LogP) is 6.02. The third kappa shape index (κ3) is 7.07. The molecule has 0 spiro atoms. The average molecular weight is 464 g/mol. The molecule has 0 aliphatic heterocycles. The number of rotatable bonds is 8. The van der Waals surface area contributed by atoms with Crippen molar-refractivity contribution in [1.82, 2.24) is 10.0 Å². The molecule has 0 aliphatic carbocycles. The Morgan fingerprint density at radius 3 is 2.21 bits per heavy atom. The van der Waals surface area contributed by atoms with Gasteiger partial charge in [0.25, 0.3) is 5.91 Å². The second-order valence-electron chi connectivity index (χ2n) is 9.62. The van der Waals surface area contributed by atoms with Crippen LogP contribution in [-0.2, 0) is 4.79 Å². The zero-order valence-corrected chi connectivity index (χ0v) is 20.8. The summed E-state index contributed by atoms with van der Waals surface area (Å²) in [5.74, 6) is -0.219. The lowest BCUT2D eigenvalue weighted by atomic mass is 10.0. The van der Waals surface area contributed by atoms with Crippen molar-refractivity contribution >= 4 is 40.2 Å². The topological polar surface area (TPSA) is 70.2 Å². The molecule has 0 saturated carbocycles. The number of carbonyl (C=O) groups excluding carboxylic acids is 2. The summed E-state index contributed by atoms with van der Waals surface area (Å²) >= 11 is 1.59. The summed E-state index contributed by atoms with van der Waals surface area (Å²) in [5, 5.41) is 8.00. The highest BCUT2D eigenvalue weighted by atomic mass is 32.2. The molecule has 0 fully saturated rings. The minimum Gasteiger partial charge on any atom is -0.340 e. The fourth-order valence-electron chi connectivity index (χ4n) is 3.44. The molecule has 6 heteroatoms. The van der Waals surface area contributed by atoms with E-state index in [4.69, 9.17) is 0 Å². The van der Waals surface area contributed by atoms with E-state index < -0.39 is 6.04 Å². The largest absolute Gasteiger partial charge is 0.340 e. The van der Waals surface area contributed by atoms with Crippen molar-refractivity contribution in [3.05, 3.63) is 72.3 Å². The van der Waals surface area contributed by atoms with E-state index >= 15 is 0 Å². The Kier molecular flexibility index (Phi) is 8.16. The van der Waals surface area contributed by atoms with Crippen LogP contribution in [0.4, 0.5) is 5.69 Å². The molecular formula is C27H33N3O2S. The fourth-order valence-corrected chi connectivity index (χ4v) is 4.29. The van der Waals surface area contributed by atoms with Crippen LogP contribution in [0.5, 0.6) is 0 Å². The van der Waals surface area contributed by atoms with E-state index in [1.165, 1.54) is 0 Å². The first-order valence-corrected chi connectivity index (χ1v) is 12.1. The number of amides is 2. The number of nitrogens with one attached hydrogen (secondary N) is 3. The molecule has 3 aromatic rings. The van der Waals surface area contributed by atoms with Gasteiger partial charge in [0.2, 0.25) is 5.91 Å². The van der Waals surface area contributed by atoms with Crippen LogP contribution < -0.4 is 15.4 Å². The van der Waals surface area contributed by atoms with E-state index in [0.717, 1.165) is 21.4 Å². The maximum absolute atomic E-state index is 13.3. The maximum Gasteiger partial charge on any atom is 0.251 e. The van der Waals surface area contributed by atoms with Crippen LogP contribution in [0.25, 0.3) is 10.8 Å². The quantitative estimate of drug-likeness (QED) is 0.357. The van der Waals surface area contributed by atoms with E-state index in [2.05, 4.69) is 48.3 Å². The summed E-state index contributed by atoms with van der Waals surface area (Å²) < 4.78 is 3.45. The Morgan fingerprint density at radius 2 is 1.55 bits per heavy atom. The summed E-state index contributed by atoms with van der Waals surface area (Å²) in [6.45, 7) is 10.4. The molecule has 3 N–H and O–H groups in total. The molecule has 33 heavy (non-hydrogen) atoms. The van der Waals surface area contributed by atoms with Crippen LogP contribution in [0.3, 0.4) is 0 Å². The molecule has 3 aromatic carbocycles. The standard InChI is InChI=1S/C27H33N3O2S/c1-18(2)17-23(29-25(31)19-11-7-6-8-12-19)26(32)28-22-15-9-14-21-20(22)13-10-16-24(21)33-30-27(3,4)5/h6-16,18,23,30H,17H2,1-5H3,(H,28,32)(H,29,31)/t23-/m0/s1. The SMILES string of the molecule is CC(C)C[C@H](NC(=O)c1ccccc1)C(=O)Nc1cccc2c(SNC(C)(C)C)cccc12. The van der Waals surface area contributed by atoms with Crippen molar-refractivity contribution in [2.24, 2.45) is 5.92 Å². The number of hydrogen-bond donors (Lipinski definition) is 3. The fraction of sp³-hybridized carbons (Fsp3) is 0.333. The Labute approximate surface area is 200 Å². The van der Waals surface area contributed by atoms with E-state index in [1.807, 2.05) is 56.3 Å². The summed E-state index contributed by atoms with van der Waals surface area (Å²) in [6.07, 6.45) is 0.547. The highest BCUT2D eigenvalue weighted by Gasteiger charge is 2.23. The summed E-state index contributed by atoms with van der Waals surface area (Å²) in [4.78, 5) is 27.1. The Bertz CT molecular complexity index is 1110. The third-order valence-electron chi connectivity index (χ3n) is 4.97. The smallest absolute Gasteiger partial charge is 0.251 e. The van der Waals surface area contributed by atoms with E-state index in [-0.39, 0.29) is 23.3 Å². The maximum atomic E-state index is 13.3. The van der Waals surface area contributed by atoms with Crippen LogP contribution >= 0.6 is 11.9 Å². The average Bonchev–Trinajstić information content (AvgIpc) is 2.77. The first-order chi connectivity index (χ1) is 15.6. The lowest BCUT2D eigenvalue weighted by Gasteiger charge is -2.22. The van der Waals surface area contributed by atoms with Crippen LogP contribution in [-0.4, -0.2) is 23.4 Å². The third-order valence-corrected chi connectivity index (χ3v) is 6.26. The minimum absolute atomic E-state index is 0.0281. The summed E-state index contributed by atoms with van der Waals surface area (Å²) in [5.41, 5.74) is 1.25. The van der Waals surface area contributed by atoms with E-state index in [1.54, 1.807) is 24.1 Å². The summed E-state index contributed by atoms with van der Waals surface area (Å²) in [6, 6.07) is 20.3. The van der Waals surface area contributed by atoms with Gasteiger partial charge in [-0.1, -0.05) is 56.3 Å². The molecule has 174 valence electrons. The first-order valence-electron chi connectivity index (χ1n) is 11.3. The molecule has 0 radical (unpaired) electrons. The molecular weight excluding hydrogens is 430 g/mol. The van der Waals surface area contributed by atoms with E-state index in [0.29, 0.717) is 12.0 Å². The van der Waals surface area contributed by atoms with Crippen LogP contribution in [0, 0.1) is 5.92 Å². The van der Waals surface area contributed by atoms with Gasteiger partial charge in [-0.15, -0.1) is 0 Å². The lowest BCUT2D eigenvalue weighted by Crippen LogP contribution is -2.44. The number of carbonyl (C=O) groups is 2. The van der Waals surface area contributed by atoms with Crippen molar-refractivity contribution in [3.8, 4) is 0 Å². The lowest BCUT2D eigenvalue weighted by molar-refractivity contribution is -0.118. The highest BCUT2D eigenvalue weighted by molar-refractivity contribution is 7.97. The molecule has 5 nitrogen and oxygen atoms in total. The van der Waals surface area contributed by atoms with Crippen molar-refractivity contribution in [1.29, 1.82) is 0 Å². The summed E-state index contributed by atoms with van der Waals surface area (Å²) in [7, 11) is 0. The van der Waals surface area contributed by atoms with Gasteiger partial charge >= 0.3 is 0 Å². The second-order valence-corrected chi connectivity index (χ2v) is 10.5. The van der Waals surface area contributed by atoms with Gasteiger partial charge in [0, 0.05) is 27.1 Å². The number of fused-ring (bicyclic) bond motifs is 1. The van der Waals surface area contributed by atoms with Gasteiger partial charge in [0.05, 0.1) is 0 Å². The molecule has 3 rings (SSSR count). The molecule has 1 atom stereocenters. The number of hydrogen-bond acceptors (Lipinski definition) is 4. The second kappa shape index (κ2) is 10.9. The van der Waals surface area contributed by atoms with Gasteiger partial charge in [-0.2, -0.15) is 0 Å². The zero-order valence-electron chi connectivity index (χ0n) is 19.9. The molecule has 2 amide bonds. The Hall–Kier alpha value is -2.83. The van der Waals surface area contributed by atoms with Gasteiger partial charge in [-0.3, -0.25) is 14.3 Å². The highest BCUT2D eigenvalue weighted by Crippen LogP contribution is 2.32. The van der Waals surface area contributed by atoms with Crippen molar-refractivity contribution in [3.63, 3.8) is 0 Å². The van der Waals surface area contributed by atoms with Gasteiger partial charge < -0.3 is 10.6 Å². The van der Waals surface area contributed by atoms with Crippen LogP contribution in [0.2, 0.25) is 0 Å². The molecule has 0 heterocycles. The first kappa shape index (κ1) is 24.8. The van der Waals surface area contributed by atoms with E-state index in [9.17, 15) is 9.59 Å². The predicted molar refractivity (Wildman–Crippen MR) is 138 cm³/mol.